The summed E-state index contributed by atoms with van der Waals surface area (Å²) in [6.45, 7) is 0.131. The lowest BCUT2D eigenvalue weighted by molar-refractivity contribution is 0.366. The molecule has 0 atom stereocenters. The molecule has 0 bridgehead atoms. The van der Waals surface area contributed by atoms with Crippen molar-refractivity contribution < 1.29 is 4.52 Å². The summed E-state index contributed by atoms with van der Waals surface area (Å²) in [6.07, 6.45) is 2.85. The summed E-state index contributed by atoms with van der Waals surface area (Å²) in [6, 6.07) is 0. The van der Waals surface area contributed by atoms with Gasteiger partial charge in [0.05, 0.1) is 19.2 Å². The third-order valence-electron chi connectivity index (χ3n) is 5.56. The Labute approximate surface area is 182 Å². The van der Waals surface area contributed by atoms with Gasteiger partial charge >= 0.3 is 11.4 Å². The second kappa shape index (κ2) is 6.98. The normalized spacial score (nSPS) is 11.8. The zero-order chi connectivity index (χ0) is 23.6. The Morgan fingerprint density at radius 1 is 0.727 bits per heavy atom. The van der Waals surface area contributed by atoms with Crippen molar-refractivity contribution in [3.63, 3.8) is 0 Å². The van der Waals surface area contributed by atoms with E-state index in [9.17, 15) is 19.2 Å². The van der Waals surface area contributed by atoms with Crippen molar-refractivity contribution in [2.24, 2.45) is 28.2 Å². The molecule has 33 heavy (non-hydrogen) atoms. The summed E-state index contributed by atoms with van der Waals surface area (Å²) in [7, 11) is 5.84. The lowest BCUT2D eigenvalue weighted by Gasteiger charge is -2.05. The van der Waals surface area contributed by atoms with Crippen molar-refractivity contribution in [1.82, 2.24) is 47.5 Å². The standard InChI is InChI=1S/C18H18N10O5/c1-23-13-11(15(29)25(3)17(23)31)27(7-19-13)5-9-21-10(33-22-9)6-28-8-20-14-12(28)16(30)26(4)18(32)24(14)2/h7-8H,5-6H2,1-4H3. The fourth-order valence-corrected chi connectivity index (χ4v) is 3.75. The maximum atomic E-state index is 12.6. The molecular weight excluding hydrogens is 436 g/mol. The third-order valence-corrected chi connectivity index (χ3v) is 5.56. The second-order valence-electron chi connectivity index (χ2n) is 7.61. The fourth-order valence-electron chi connectivity index (χ4n) is 3.75. The zero-order valence-electron chi connectivity index (χ0n) is 18.1. The van der Waals surface area contributed by atoms with Crippen molar-refractivity contribution in [1.29, 1.82) is 0 Å². The van der Waals surface area contributed by atoms with Gasteiger partial charge < -0.3 is 13.7 Å². The summed E-state index contributed by atoms with van der Waals surface area (Å²) >= 11 is 0. The van der Waals surface area contributed by atoms with Gasteiger partial charge in [0.15, 0.2) is 28.2 Å². The van der Waals surface area contributed by atoms with Gasteiger partial charge in [0.25, 0.3) is 11.1 Å². The SMILES string of the molecule is Cn1c(=O)c2c(ncn2Cc2noc(Cn3cnc4c3c(=O)n(C)c(=O)n4C)n2)n(C)c1=O. The van der Waals surface area contributed by atoms with Gasteiger partial charge in [-0.15, -0.1) is 0 Å². The van der Waals surface area contributed by atoms with E-state index in [0.717, 1.165) is 9.13 Å². The van der Waals surface area contributed by atoms with E-state index in [1.165, 1.54) is 59.1 Å². The Morgan fingerprint density at radius 3 is 1.73 bits per heavy atom. The van der Waals surface area contributed by atoms with Crippen LogP contribution in [0.4, 0.5) is 0 Å². The summed E-state index contributed by atoms with van der Waals surface area (Å²) in [5.41, 5.74) is -0.977. The van der Waals surface area contributed by atoms with Crippen LogP contribution in [0.15, 0.2) is 36.4 Å². The maximum Gasteiger partial charge on any atom is 0.332 e. The Morgan fingerprint density at radius 2 is 1.21 bits per heavy atom. The van der Waals surface area contributed by atoms with E-state index in [-0.39, 0.29) is 47.1 Å². The molecule has 0 unspecified atom stereocenters. The first-order valence-corrected chi connectivity index (χ1v) is 9.72. The predicted octanol–water partition coefficient (Wildman–Crippen LogP) is -2.34. The minimum absolute atomic E-state index is 0.0535. The van der Waals surface area contributed by atoms with Crippen molar-refractivity contribution in [2.45, 2.75) is 13.1 Å². The topological polar surface area (TPSA) is 163 Å². The van der Waals surface area contributed by atoms with Crippen LogP contribution >= 0.6 is 0 Å². The highest BCUT2D eigenvalue weighted by atomic mass is 16.5. The number of aryl methyl sites for hydroxylation is 2. The first-order chi connectivity index (χ1) is 15.7. The summed E-state index contributed by atoms with van der Waals surface area (Å²) in [4.78, 5) is 62.0. The van der Waals surface area contributed by atoms with Gasteiger partial charge in [0.2, 0.25) is 5.89 Å². The molecule has 0 aliphatic rings. The van der Waals surface area contributed by atoms with Crippen LogP contribution in [0, 0.1) is 0 Å². The van der Waals surface area contributed by atoms with Gasteiger partial charge in [0.1, 0.15) is 6.54 Å². The molecule has 5 rings (SSSR count). The minimum Gasteiger partial charge on any atom is -0.337 e. The van der Waals surface area contributed by atoms with Crippen molar-refractivity contribution in [3.8, 4) is 0 Å². The van der Waals surface area contributed by atoms with Crippen LogP contribution < -0.4 is 22.5 Å². The molecule has 0 aliphatic carbocycles. The molecule has 0 N–H and O–H groups in total. The highest BCUT2D eigenvalue weighted by Gasteiger charge is 2.18. The fraction of sp³-hybridized carbons (Fsp3) is 0.333. The highest BCUT2D eigenvalue weighted by molar-refractivity contribution is 5.70. The molecule has 15 nitrogen and oxygen atoms in total. The molecule has 0 aliphatic heterocycles. The van der Waals surface area contributed by atoms with Crippen molar-refractivity contribution in [2.75, 3.05) is 0 Å². The lowest BCUT2D eigenvalue weighted by Crippen LogP contribution is -2.37. The molecule has 0 spiro atoms. The molecule has 0 saturated carbocycles. The van der Waals surface area contributed by atoms with Crippen LogP contribution in [0.2, 0.25) is 0 Å². The monoisotopic (exact) mass is 454 g/mol. The van der Waals surface area contributed by atoms with Gasteiger partial charge in [-0.25, -0.2) is 19.6 Å². The van der Waals surface area contributed by atoms with Crippen LogP contribution in [-0.2, 0) is 41.3 Å². The van der Waals surface area contributed by atoms with E-state index >= 15 is 0 Å². The average Bonchev–Trinajstić information content (AvgIpc) is 3.53. The van der Waals surface area contributed by atoms with E-state index in [4.69, 9.17) is 4.52 Å². The van der Waals surface area contributed by atoms with Crippen LogP contribution in [0.25, 0.3) is 22.3 Å². The van der Waals surface area contributed by atoms with E-state index in [2.05, 4.69) is 20.1 Å². The van der Waals surface area contributed by atoms with E-state index in [1.54, 1.807) is 0 Å². The Bertz CT molecular complexity index is 1670. The van der Waals surface area contributed by atoms with Crippen LogP contribution in [0.1, 0.15) is 11.7 Å². The predicted molar refractivity (Wildman–Crippen MR) is 113 cm³/mol. The number of aromatic nitrogens is 10. The molecule has 15 heteroatoms. The van der Waals surface area contributed by atoms with Crippen LogP contribution in [-0.4, -0.2) is 47.5 Å². The third kappa shape index (κ3) is 2.89. The second-order valence-corrected chi connectivity index (χ2v) is 7.61. The molecule has 5 aromatic rings. The highest BCUT2D eigenvalue weighted by Crippen LogP contribution is 2.11. The number of hydrogen-bond acceptors (Lipinski definition) is 9. The molecule has 170 valence electrons. The van der Waals surface area contributed by atoms with Gasteiger partial charge in [-0.3, -0.25) is 27.9 Å². The number of nitrogens with zero attached hydrogens (tertiary/aromatic N) is 10. The van der Waals surface area contributed by atoms with Crippen molar-refractivity contribution in [3.05, 3.63) is 66.0 Å². The summed E-state index contributed by atoms with van der Waals surface area (Å²) < 4.78 is 12.9. The molecule has 5 aromatic heterocycles. The Balaban J connectivity index is 1.50. The number of imidazole rings is 2. The van der Waals surface area contributed by atoms with Crippen molar-refractivity contribution >= 4 is 22.3 Å². The van der Waals surface area contributed by atoms with Gasteiger partial charge in [-0.1, -0.05) is 5.16 Å². The Hall–Kier alpha value is -4.56. The number of hydrogen-bond donors (Lipinski definition) is 0. The van der Waals surface area contributed by atoms with E-state index in [1.807, 2.05) is 0 Å². The van der Waals surface area contributed by atoms with E-state index < -0.39 is 22.5 Å². The molecule has 0 saturated heterocycles. The maximum absolute atomic E-state index is 12.6. The van der Waals surface area contributed by atoms with Gasteiger partial charge in [-0.05, 0) is 0 Å². The number of rotatable bonds is 4. The molecule has 0 aromatic carbocycles. The number of fused-ring (bicyclic) bond motifs is 2. The zero-order valence-corrected chi connectivity index (χ0v) is 18.1. The molecule has 5 heterocycles. The minimum atomic E-state index is -0.489. The quantitative estimate of drug-likeness (QED) is 0.289. The molecule has 0 amide bonds. The Kier molecular flexibility index (Phi) is 4.30. The smallest absolute Gasteiger partial charge is 0.332 e. The van der Waals surface area contributed by atoms with E-state index in [0.29, 0.717) is 0 Å². The first-order valence-electron chi connectivity index (χ1n) is 9.72. The lowest BCUT2D eigenvalue weighted by atomic mass is 10.4. The largest absolute Gasteiger partial charge is 0.337 e. The molecule has 0 radical (unpaired) electrons. The van der Waals surface area contributed by atoms with Crippen LogP contribution in [0.5, 0.6) is 0 Å². The average molecular weight is 454 g/mol. The van der Waals surface area contributed by atoms with Crippen LogP contribution in [0.3, 0.4) is 0 Å². The summed E-state index contributed by atoms with van der Waals surface area (Å²) in [5, 5.41) is 3.94. The molecule has 0 fully saturated rings. The summed E-state index contributed by atoms with van der Waals surface area (Å²) in [5.74, 6) is 0.467. The van der Waals surface area contributed by atoms with Gasteiger partial charge in [0, 0.05) is 28.2 Å². The molecular formula is C18H18N10O5. The first kappa shape index (κ1) is 20.3. The van der Waals surface area contributed by atoms with Gasteiger partial charge in [-0.2, -0.15) is 4.98 Å².